The summed E-state index contributed by atoms with van der Waals surface area (Å²) >= 11 is 3.09. The van der Waals surface area contributed by atoms with Crippen LogP contribution in [-0.2, 0) is 0 Å². The van der Waals surface area contributed by atoms with E-state index in [0.29, 0.717) is 4.47 Å². The van der Waals surface area contributed by atoms with Gasteiger partial charge in [-0.1, -0.05) is 0 Å². The van der Waals surface area contributed by atoms with Crippen LogP contribution in [0.2, 0.25) is 0 Å². The smallest absolute Gasteiger partial charge is 0.253 e. The SMILES string of the molecule is COc1ccc(Br)c(C(N)=O)c1O. The van der Waals surface area contributed by atoms with Gasteiger partial charge in [0.05, 0.1) is 12.7 Å². The summed E-state index contributed by atoms with van der Waals surface area (Å²) in [5.74, 6) is -0.732. The summed E-state index contributed by atoms with van der Waals surface area (Å²) < 4.78 is 5.26. The second-order valence-electron chi connectivity index (χ2n) is 2.34. The number of amides is 1. The Morgan fingerprint density at radius 1 is 1.62 bits per heavy atom. The first-order valence-electron chi connectivity index (χ1n) is 3.43. The summed E-state index contributed by atoms with van der Waals surface area (Å²) in [6.07, 6.45) is 0. The van der Waals surface area contributed by atoms with E-state index in [-0.39, 0.29) is 17.1 Å². The largest absolute Gasteiger partial charge is 0.504 e. The van der Waals surface area contributed by atoms with Gasteiger partial charge in [-0.15, -0.1) is 0 Å². The quantitative estimate of drug-likeness (QED) is 0.825. The maximum atomic E-state index is 10.9. The second kappa shape index (κ2) is 3.66. The van der Waals surface area contributed by atoms with Gasteiger partial charge in [0, 0.05) is 4.47 Å². The van der Waals surface area contributed by atoms with Crippen LogP contribution in [0.4, 0.5) is 0 Å². The first-order chi connectivity index (χ1) is 6.07. The monoisotopic (exact) mass is 245 g/mol. The average molecular weight is 246 g/mol. The van der Waals surface area contributed by atoms with Gasteiger partial charge in [-0.3, -0.25) is 4.79 Å². The van der Waals surface area contributed by atoms with E-state index >= 15 is 0 Å². The third-order valence-corrected chi connectivity index (χ3v) is 2.22. The van der Waals surface area contributed by atoms with E-state index < -0.39 is 5.91 Å². The Labute approximate surface area is 83.4 Å². The molecule has 3 N–H and O–H groups in total. The van der Waals surface area contributed by atoms with E-state index in [1.807, 2.05) is 0 Å². The van der Waals surface area contributed by atoms with Crippen LogP contribution < -0.4 is 10.5 Å². The highest BCUT2D eigenvalue weighted by Crippen LogP contribution is 2.34. The number of halogens is 1. The third-order valence-electron chi connectivity index (χ3n) is 1.56. The maximum Gasteiger partial charge on any atom is 0.253 e. The van der Waals surface area contributed by atoms with E-state index in [1.165, 1.54) is 13.2 Å². The van der Waals surface area contributed by atoms with Crippen LogP contribution in [0, 0.1) is 0 Å². The van der Waals surface area contributed by atoms with Gasteiger partial charge in [-0.05, 0) is 28.1 Å². The zero-order valence-corrected chi connectivity index (χ0v) is 8.46. The fourth-order valence-corrected chi connectivity index (χ4v) is 1.46. The molecular weight excluding hydrogens is 238 g/mol. The van der Waals surface area contributed by atoms with Crippen LogP contribution in [0.15, 0.2) is 16.6 Å². The predicted octanol–water partition coefficient (Wildman–Crippen LogP) is 1.26. The third kappa shape index (κ3) is 1.75. The molecule has 13 heavy (non-hydrogen) atoms. The number of nitrogens with two attached hydrogens (primary N) is 1. The summed E-state index contributed by atoms with van der Waals surface area (Å²) in [7, 11) is 1.40. The minimum Gasteiger partial charge on any atom is -0.504 e. The molecule has 1 amide bonds. The second-order valence-corrected chi connectivity index (χ2v) is 3.19. The lowest BCUT2D eigenvalue weighted by Crippen LogP contribution is -2.12. The highest BCUT2D eigenvalue weighted by Gasteiger charge is 2.15. The fourth-order valence-electron chi connectivity index (χ4n) is 0.947. The van der Waals surface area contributed by atoms with Crippen LogP contribution in [0.5, 0.6) is 11.5 Å². The normalized spacial score (nSPS) is 9.69. The Morgan fingerprint density at radius 3 is 2.69 bits per heavy atom. The van der Waals surface area contributed by atoms with E-state index in [2.05, 4.69) is 15.9 Å². The van der Waals surface area contributed by atoms with Gasteiger partial charge in [0.25, 0.3) is 5.91 Å². The van der Waals surface area contributed by atoms with Crippen LogP contribution in [0.25, 0.3) is 0 Å². The Balaban J connectivity index is 3.38. The lowest BCUT2D eigenvalue weighted by molar-refractivity contribution is 0.0996. The minimum absolute atomic E-state index is 0.0272. The van der Waals surface area contributed by atoms with E-state index in [0.717, 1.165) is 0 Å². The number of benzene rings is 1. The Kier molecular flexibility index (Phi) is 2.77. The number of primary amides is 1. The highest BCUT2D eigenvalue weighted by atomic mass is 79.9. The molecule has 1 aromatic rings. The maximum absolute atomic E-state index is 10.9. The van der Waals surface area contributed by atoms with Gasteiger partial charge in [0.2, 0.25) is 0 Å². The Bertz CT molecular complexity index is 351. The Morgan fingerprint density at radius 2 is 2.23 bits per heavy atom. The molecule has 0 heterocycles. The molecule has 0 saturated heterocycles. The molecule has 1 aromatic carbocycles. The molecule has 0 unspecified atom stereocenters. The molecule has 0 aromatic heterocycles. The van der Waals surface area contributed by atoms with Gasteiger partial charge in [0.15, 0.2) is 11.5 Å². The molecule has 0 aliphatic heterocycles. The topological polar surface area (TPSA) is 72.5 Å². The number of ether oxygens (including phenoxy) is 1. The molecule has 0 radical (unpaired) electrons. The van der Waals surface area contributed by atoms with Crippen molar-refractivity contribution in [3.8, 4) is 11.5 Å². The first-order valence-corrected chi connectivity index (χ1v) is 4.22. The van der Waals surface area contributed by atoms with Gasteiger partial charge in [0.1, 0.15) is 0 Å². The van der Waals surface area contributed by atoms with Crippen LogP contribution in [0.3, 0.4) is 0 Å². The van der Waals surface area contributed by atoms with Crippen molar-refractivity contribution in [2.45, 2.75) is 0 Å². The molecule has 0 bridgehead atoms. The summed E-state index contributed by atoms with van der Waals surface area (Å²) in [6, 6.07) is 3.12. The summed E-state index contributed by atoms with van der Waals surface area (Å²) in [6.45, 7) is 0. The molecule has 0 saturated carbocycles. The molecule has 0 aliphatic rings. The van der Waals surface area contributed by atoms with Crippen molar-refractivity contribution >= 4 is 21.8 Å². The Hall–Kier alpha value is -1.23. The molecule has 0 fully saturated rings. The fraction of sp³-hybridized carbons (Fsp3) is 0.125. The van der Waals surface area contributed by atoms with Crippen molar-refractivity contribution in [3.63, 3.8) is 0 Å². The van der Waals surface area contributed by atoms with Crippen molar-refractivity contribution in [2.75, 3.05) is 7.11 Å². The lowest BCUT2D eigenvalue weighted by atomic mass is 10.2. The number of methoxy groups -OCH3 is 1. The van der Waals surface area contributed by atoms with E-state index in [9.17, 15) is 9.90 Å². The van der Waals surface area contributed by atoms with Crippen molar-refractivity contribution in [3.05, 3.63) is 22.2 Å². The first kappa shape index (κ1) is 9.85. The van der Waals surface area contributed by atoms with Crippen LogP contribution in [-0.4, -0.2) is 18.1 Å². The molecule has 0 atom stereocenters. The summed E-state index contributed by atoms with van der Waals surface area (Å²) in [5.41, 5.74) is 5.08. The number of carbonyl (C=O) groups excluding carboxylic acids is 1. The molecule has 1 rings (SSSR count). The molecule has 5 heteroatoms. The number of hydrogen-bond donors (Lipinski definition) is 2. The average Bonchev–Trinajstić information content (AvgIpc) is 2.04. The lowest BCUT2D eigenvalue weighted by Gasteiger charge is -2.07. The number of phenols is 1. The van der Waals surface area contributed by atoms with Crippen LogP contribution in [0.1, 0.15) is 10.4 Å². The predicted molar refractivity (Wildman–Crippen MR) is 50.9 cm³/mol. The zero-order valence-electron chi connectivity index (χ0n) is 6.87. The standard InChI is InChI=1S/C8H8BrNO3/c1-13-5-3-2-4(9)6(7(5)11)8(10)12/h2-3,11H,1H3,(H2,10,12). The van der Waals surface area contributed by atoms with Crippen molar-refractivity contribution in [2.24, 2.45) is 5.73 Å². The molecule has 0 aliphatic carbocycles. The number of rotatable bonds is 2. The van der Waals surface area contributed by atoms with Crippen LogP contribution >= 0.6 is 15.9 Å². The highest BCUT2D eigenvalue weighted by molar-refractivity contribution is 9.10. The number of hydrogen-bond acceptors (Lipinski definition) is 3. The van der Waals surface area contributed by atoms with Crippen molar-refractivity contribution in [1.82, 2.24) is 0 Å². The van der Waals surface area contributed by atoms with Crippen molar-refractivity contribution in [1.29, 1.82) is 0 Å². The molecule has 0 spiro atoms. The molecular formula is C8H8BrNO3. The minimum atomic E-state index is -0.705. The summed E-state index contributed by atoms with van der Waals surface area (Å²) in [5, 5.41) is 9.48. The number of carbonyl (C=O) groups is 1. The zero-order chi connectivity index (χ0) is 10.0. The summed E-state index contributed by atoms with van der Waals surface area (Å²) in [4.78, 5) is 10.9. The van der Waals surface area contributed by atoms with E-state index in [4.69, 9.17) is 10.5 Å². The van der Waals surface area contributed by atoms with Gasteiger partial charge >= 0.3 is 0 Å². The van der Waals surface area contributed by atoms with Crippen molar-refractivity contribution < 1.29 is 14.6 Å². The van der Waals surface area contributed by atoms with Gasteiger partial charge < -0.3 is 15.6 Å². The van der Waals surface area contributed by atoms with E-state index in [1.54, 1.807) is 6.07 Å². The number of aromatic hydroxyl groups is 1. The van der Waals surface area contributed by atoms with Gasteiger partial charge in [-0.25, -0.2) is 0 Å². The molecule has 4 nitrogen and oxygen atoms in total. The molecule has 70 valence electrons. The van der Waals surface area contributed by atoms with Gasteiger partial charge in [-0.2, -0.15) is 0 Å².